The number of aromatic hydroxyl groups is 1. The Morgan fingerprint density at radius 3 is 2.27 bits per heavy atom. The molecule has 1 fully saturated rings. The monoisotopic (exact) mass is 296 g/mol. The van der Waals surface area contributed by atoms with Gasteiger partial charge in [-0.2, -0.15) is 0 Å². The summed E-state index contributed by atoms with van der Waals surface area (Å²) in [6, 6.07) is 18.4. The van der Waals surface area contributed by atoms with Crippen molar-refractivity contribution in [1.82, 2.24) is 5.32 Å². The molecule has 0 bridgehead atoms. The van der Waals surface area contributed by atoms with E-state index in [1.807, 2.05) is 18.2 Å². The second kappa shape index (κ2) is 6.41. The molecule has 0 unspecified atom stereocenters. The molecule has 2 N–H and O–H groups in total. The molecule has 22 heavy (non-hydrogen) atoms. The van der Waals surface area contributed by atoms with Gasteiger partial charge in [0.05, 0.1) is 5.69 Å². The van der Waals surface area contributed by atoms with Crippen molar-refractivity contribution in [3.05, 3.63) is 60.2 Å². The lowest BCUT2D eigenvalue weighted by Gasteiger charge is -2.44. The minimum absolute atomic E-state index is 0.0525. The summed E-state index contributed by atoms with van der Waals surface area (Å²) in [5.74, 6) is 0.373. The highest BCUT2D eigenvalue weighted by molar-refractivity contribution is 5.58. The van der Waals surface area contributed by atoms with Gasteiger partial charge in [0.25, 0.3) is 0 Å². The molecule has 3 nitrogen and oxygen atoms in total. The van der Waals surface area contributed by atoms with Crippen LogP contribution in [0.15, 0.2) is 54.6 Å². The molecule has 116 valence electrons. The molecule has 0 amide bonds. The number of hydrogen-bond acceptors (Lipinski definition) is 3. The Labute approximate surface area is 132 Å². The first-order valence-corrected chi connectivity index (χ1v) is 8.09. The van der Waals surface area contributed by atoms with Gasteiger partial charge < -0.3 is 15.3 Å². The number of hydrogen-bond donors (Lipinski definition) is 2. The molecular weight excluding hydrogens is 272 g/mol. The molecule has 3 rings (SSSR count). The van der Waals surface area contributed by atoms with Crippen molar-refractivity contribution in [2.45, 2.75) is 25.3 Å². The third kappa shape index (κ3) is 2.81. The smallest absolute Gasteiger partial charge is 0.138 e. The summed E-state index contributed by atoms with van der Waals surface area (Å²) < 4.78 is 0. The first-order chi connectivity index (χ1) is 10.7. The molecule has 2 aromatic rings. The SMILES string of the molecule is CCNC1(c2ccccc2)CCN(c2ccccc2O)CC1. The van der Waals surface area contributed by atoms with Gasteiger partial charge in [-0.15, -0.1) is 0 Å². The number of phenols is 1. The number of nitrogens with zero attached hydrogens (tertiary/aromatic N) is 1. The van der Waals surface area contributed by atoms with Gasteiger partial charge in [-0.3, -0.25) is 0 Å². The van der Waals surface area contributed by atoms with Gasteiger partial charge in [-0.1, -0.05) is 49.4 Å². The van der Waals surface area contributed by atoms with Crippen molar-refractivity contribution in [2.75, 3.05) is 24.5 Å². The Kier molecular flexibility index (Phi) is 4.34. The maximum Gasteiger partial charge on any atom is 0.138 e. The highest BCUT2D eigenvalue weighted by Crippen LogP contribution is 2.36. The van der Waals surface area contributed by atoms with E-state index in [0.717, 1.165) is 38.2 Å². The summed E-state index contributed by atoms with van der Waals surface area (Å²) in [4.78, 5) is 2.29. The van der Waals surface area contributed by atoms with E-state index >= 15 is 0 Å². The van der Waals surface area contributed by atoms with Crippen molar-refractivity contribution in [3.63, 3.8) is 0 Å². The lowest BCUT2D eigenvalue weighted by molar-refractivity contribution is 0.267. The summed E-state index contributed by atoms with van der Waals surface area (Å²) in [5.41, 5.74) is 2.37. The Morgan fingerprint density at radius 1 is 1.00 bits per heavy atom. The fraction of sp³-hybridized carbons (Fsp3) is 0.368. The number of piperidine rings is 1. The van der Waals surface area contributed by atoms with Crippen LogP contribution in [0, 0.1) is 0 Å². The molecule has 0 aliphatic carbocycles. The number of benzene rings is 2. The lowest BCUT2D eigenvalue weighted by atomic mass is 9.80. The molecule has 1 aliphatic rings. The van der Waals surface area contributed by atoms with Crippen LogP contribution in [-0.4, -0.2) is 24.7 Å². The summed E-state index contributed by atoms with van der Waals surface area (Å²) in [5, 5.41) is 13.8. The van der Waals surface area contributed by atoms with E-state index in [0.29, 0.717) is 5.75 Å². The van der Waals surface area contributed by atoms with Gasteiger partial charge in [-0.25, -0.2) is 0 Å². The summed E-state index contributed by atoms with van der Waals surface area (Å²) in [6.07, 6.45) is 2.08. The molecule has 1 heterocycles. The third-order valence-electron chi connectivity index (χ3n) is 4.68. The van der Waals surface area contributed by atoms with Crippen LogP contribution < -0.4 is 10.2 Å². The van der Waals surface area contributed by atoms with Crippen LogP contribution in [0.25, 0.3) is 0 Å². The van der Waals surface area contributed by atoms with E-state index in [1.165, 1.54) is 5.56 Å². The van der Waals surface area contributed by atoms with Crippen molar-refractivity contribution >= 4 is 5.69 Å². The molecule has 0 saturated carbocycles. The van der Waals surface area contributed by atoms with E-state index in [4.69, 9.17) is 0 Å². The largest absolute Gasteiger partial charge is 0.506 e. The van der Waals surface area contributed by atoms with Crippen LogP contribution in [0.1, 0.15) is 25.3 Å². The van der Waals surface area contributed by atoms with Gasteiger partial charge in [0.2, 0.25) is 0 Å². The van der Waals surface area contributed by atoms with E-state index < -0.39 is 0 Å². The topological polar surface area (TPSA) is 35.5 Å². The predicted molar refractivity (Wildman–Crippen MR) is 91.4 cm³/mol. The number of rotatable bonds is 4. The van der Waals surface area contributed by atoms with E-state index in [2.05, 4.69) is 47.5 Å². The molecule has 0 radical (unpaired) electrons. The Hall–Kier alpha value is -2.00. The van der Waals surface area contributed by atoms with Crippen molar-refractivity contribution in [2.24, 2.45) is 0 Å². The van der Waals surface area contributed by atoms with Gasteiger partial charge in [-0.05, 0) is 37.1 Å². The molecule has 0 atom stereocenters. The number of phenolic OH excluding ortho intramolecular Hbond substituents is 1. The van der Waals surface area contributed by atoms with Crippen LogP contribution >= 0.6 is 0 Å². The number of nitrogens with one attached hydrogen (secondary N) is 1. The maximum absolute atomic E-state index is 10.1. The average molecular weight is 296 g/mol. The van der Waals surface area contributed by atoms with E-state index in [-0.39, 0.29) is 5.54 Å². The van der Waals surface area contributed by atoms with Crippen LogP contribution in [0.2, 0.25) is 0 Å². The third-order valence-corrected chi connectivity index (χ3v) is 4.68. The Morgan fingerprint density at radius 2 is 1.64 bits per heavy atom. The molecule has 2 aromatic carbocycles. The Balaban J connectivity index is 1.80. The molecule has 3 heteroatoms. The summed E-state index contributed by atoms with van der Waals surface area (Å²) in [7, 11) is 0. The second-order valence-corrected chi connectivity index (χ2v) is 5.95. The van der Waals surface area contributed by atoms with Gasteiger partial charge in [0, 0.05) is 18.6 Å². The number of para-hydroxylation sites is 2. The normalized spacial score (nSPS) is 17.4. The van der Waals surface area contributed by atoms with Crippen LogP contribution in [-0.2, 0) is 5.54 Å². The minimum Gasteiger partial charge on any atom is -0.506 e. The molecule has 1 saturated heterocycles. The van der Waals surface area contributed by atoms with Gasteiger partial charge in [0.15, 0.2) is 0 Å². The van der Waals surface area contributed by atoms with Crippen molar-refractivity contribution < 1.29 is 5.11 Å². The van der Waals surface area contributed by atoms with Crippen molar-refractivity contribution in [1.29, 1.82) is 0 Å². The number of anilines is 1. The first-order valence-electron chi connectivity index (χ1n) is 8.09. The summed E-state index contributed by atoms with van der Waals surface area (Å²) >= 11 is 0. The van der Waals surface area contributed by atoms with E-state index in [9.17, 15) is 5.11 Å². The van der Waals surface area contributed by atoms with Crippen LogP contribution in [0.4, 0.5) is 5.69 Å². The highest BCUT2D eigenvalue weighted by Gasteiger charge is 2.35. The molecule has 0 spiro atoms. The fourth-order valence-corrected chi connectivity index (χ4v) is 3.52. The summed E-state index contributed by atoms with van der Waals surface area (Å²) in [6.45, 7) is 5.02. The standard InChI is InChI=1S/C19H24N2O/c1-2-20-19(16-8-4-3-5-9-16)12-14-21(15-13-19)17-10-6-7-11-18(17)22/h3-11,20,22H,2,12-15H2,1H3. The lowest BCUT2D eigenvalue weighted by Crippen LogP contribution is -2.51. The van der Waals surface area contributed by atoms with Gasteiger partial charge in [0.1, 0.15) is 5.75 Å². The quantitative estimate of drug-likeness (QED) is 0.906. The molecule has 1 aliphatic heterocycles. The maximum atomic E-state index is 10.1. The fourth-order valence-electron chi connectivity index (χ4n) is 3.52. The molecule has 0 aromatic heterocycles. The zero-order valence-corrected chi connectivity index (χ0v) is 13.1. The Bertz CT molecular complexity index is 604. The van der Waals surface area contributed by atoms with Crippen molar-refractivity contribution in [3.8, 4) is 5.75 Å². The first kappa shape index (κ1) is 14.9. The van der Waals surface area contributed by atoms with E-state index in [1.54, 1.807) is 6.07 Å². The zero-order valence-electron chi connectivity index (χ0n) is 13.1. The minimum atomic E-state index is 0.0525. The highest BCUT2D eigenvalue weighted by atomic mass is 16.3. The van der Waals surface area contributed by atoms with Gasteiger partial charge >= 0.3 is 0 Å². The molecular formula is C19H24N2O. The van der Waals surface area contributed by atoms with Crippen LogP contribution in [0.3, 0.4) is 0 Å². The second-order valence-electron chi connectivity index (χ2n) is 5.95. The average Bonchev–Trinajstić information content (AvgIpc) is 2.57. The van der Waals surface area contributed by atoms with Crippen LogP contribution in [0.5, 0.6) is 5.75 Å². The predicted octanol–water partition coefficient (Wildman–Crippen LogP) is 3.50. The zero-order chi connectivity index (χ0) is 15.4.